The number of fused-ring (bicyclic) bond motifs is 1. The number of aromatic amines is 1. The van der Waals surface area contributed by atoms with Crippen LogP contribution in [0, 0.1) is 0 Å². The molecule has 0 spiro atoms. The Morgan fingerprint density at radius 1 is 1.44 bits per heavy atom. The summed E-state index contributed by atoms with van der Waals surface area (Å²) in [6.45, 7) is 3.85. The smallest absolute Gasteiger partial charge is 0.435 e. The predicted molar refractivity (Wildman–Crippen MR) is 97.7 cm³/mol. The average molecular weight is 409 g/mol. The number of halogens is 1. The fraction of sp³-hybridized carbons (Fsp3) is 0.444. The molecule has 134 valence electrons. The molecule has 6 nitrogen and oxygen atoms in total. The van der Waals surface area contributed by atoms with Gasteiger partial charge in [-0.15, -0.1) is 0 Å². The zero-order valence-electron chi connectivity index (χ0n) is 14.1. The lowest BCUT2D eigenvalue weighted by molar-refractivity contribution is -0.133. The monoisotopic (exact) mass is 408 g/mol. The number of piperidine rings is 1. The van der Waals surface area contributed by atoms with Gasteiger partial charge in [0.1, 0.15) is 0 Å². The van der Waals surface area contributed by atoms with E-state index in [0.717, 1.165) is 23.0 Å². The number of benzene rings is 1. The van der Waals surface area contributed by atoms with Crippen LogP contribution in [0.1, 0.15) is 18.9 Å². The molecule has 0 bridgehead atoms. The summed E-state index contributed by atoms with van der Waals surface area (Å²) < 4.78 is 10.9. The summed E-state index contributed by atoms with van der Waals surface area (Å²) in [6, 6.07) is 6.16. The molecule has 3 rings (SSSR count). The van der Waals surface area contributed by atoms with Crippen LogP contribution in [-0.2, 0) is 20.7 Å². The zero-order chi connectivity index (χ0) is 17.8. The van der Waals surface area contributed by atoms with Crippen LogP contribution in [0.5, 0.6) is 0 Å². The number of hydrogen-bond donors (Lipinski definition) is 1. The highest BCUT2D eigenvalue weighted by Gasteiger charge is 2.30. The number of rotatable bonds is 5. The Kier molecular flexibility index (Phi) is 5.75. The highest BCUT2D eigenvalue weighted by atomic mass is 79.9. The molecule has 1 N–H and O–H groups in total. The molecule has 1 saturated heterocycles. The second kappa shape index (κ2) is 8.01. The van der Waals surface area contributed by atoms with Crippen LogP contribution in [0.4, 0.5) is 4.79 Å². The van der Waals surface area contributed by atoms with E-state index in [4.69, 9.17) is 9.47 Å². The Morgan fingerprint density at radius 2 is 2.28 bits per heavy atom. The van der Waals surface area contributed by atoms with Gasteiger partial charge in [0.2, 0.25) is 0 Å². The molecule has 1 aliphatic rings. The molecule has 1 unspecified atom stereocenters. The number of Topliss-reactive ketones (excluding diaryl/α,β-unsaturated/α-hetero) is 1. The normalized spacial score (nSPS) is 18.5. The minimum Gasteiger partial charge on any atom is -0.435 e. The SMILES string of the molecule is CCOC(=O)OC1CN(CCc2c[nH]c3ccc(Br)cc23)CCC1=O. The molecule has 2 heterocycles. The number of hydrogen-bond acceptors (Lipinski definition) is 5. The number of nitrogens with zero attached hydrogens (tertiary/aromatic N) is 1. The highest BCUT2D eigenvalue weighted by molar-refractivity contribution is 9.10. The lowest BCUT2D eigenvalue weighted by Crippen LogP contribution is -2.47. The topological polar surface area (TPSA) is 71.6 Å². The van der Waals surface area contributed by atoms with E-state index in [0.29, 0.717) is 19.5 Å². The van der Waals surface area contributed by atoms with E-state index in [1.807, 2.05) is 18.3 Å². The van der Waals surface area contributed by atoms with Gasteiger partial charge in [-0.2, -0.15) is 0 Å². The molecule has 1 atom stereocenters. The first kappa shape index (κ1) is 17.9. The van der Waals surface area contributed by atoms with Gasteiger partial charge in [0, 0.05) is 47.6 Å². The number of ether oxygens (including phenoxy) is 2. The Balaban J connectivity index is 1.59. The molecule has 2 aromatic rings. The molecular formula is C18H21BrN2O4. The molecule has 1 aromatic carbocycles. The Bertz CT molecular complexity index is 774. The third-order valence-corrected chi connectivity index (χ3v) is 4.88. The van der Waals surface area contributed by atoms with E-state index in [9.17, 15) is 9.59 Å². The quantitative estimate of drug-likeness (QED) is 0.768. The van der Waals surface area contributed by atoms with Gasteiger partial charge in [-0.1, -0.05) is 15.9 Å². The van der Waals surface area contributed by atoms with E-state index in [2.05, 4.69) is 31.9 Å². The second-order valence-electron chi connectivity index (χ2n) is 6.06. The Hall–Kier alpha value is -1.86. The van der Waals surface area contributed by atoms with Crippen molar-refractivity contribution in [3.8, 4) is 0 Å². The predicted octanol–water partition coefficient (Wildman–Crippen LogP) is 3.29. The summed E-state index contributed by atoms with van der Waals surface area (Å²) in [5.74, 6) is -0.0414. The Morgan fingerprint density at radius 3 is 3.08 bits per heavy atom. The van der Waals surface area contributed by atoms with Crippen molar-refractivity contribution < 1.29 is 19.1 Å². The number of likely N-dealkylation sites (tertiary alicyclic amines) is 1. The maximum Gasteiger partial charge on any atom is 0.509 e. The fourth-order valence-electron chi connectivity index (χ4n) is 3.07. The van der Waals surface area contributed by atoms with Crippen molar-refractivity contribution >= 4 is 38.8 Å². The number of aromatic nitrogens is 1. The molecule has 0 aliphatic carbocycles. The van der Waals surface area contributed by atoms with Crippen molar-refractivity contribution in [2.24, 2.45) is 0 Å². The van der Waals surface area contributed by atoms with Crippen LogP contribution in [0.3, 0.4) is 0 Å². The van der Waals surface area contributed by atoms with Crippen molar-refractivity contribution in [3.05, 3.63) is 34.4 Å². The number of carbonyl (C=O) groups excluding carboxylic acids is 2. The first-order valence-electron chi connectivity index (χ1n) is 8.41. The minimum atomic E-state index is -0.774. The third-order valence-electron chi connectivity index (χ3n) is 4.39. The lowest BCUT2D eigenvalue weighted by Gasteiger charge is -2.30. The van der Waals surface area contributed by atoms with Crippen LogP contribution in [0.2, 0.25) is 0 Å². The van der Waals surface area contributed by atoms with Crippen molar-refractivity contribution in [1.82, 2.24) is 9.88 Å². The zero-order valence-corrected chi connectivity index (χ0v) is 15.7. The fourth-order valence-corrected chi connectivity index (χ4v) is 3.43. The van der Waals surface area contributed by atoms with Crippen LogP contribution in [-0.4, -0.2) is 54.2 Å². The van der Waals surface area contributed by atoms with E-state index in [-0.39, 0.29) is 12.4 Å². The molecule has 1 aliphatic heterocycles. The largest absolute Gasteiger partial charge is 0.509 e. The van der Waals surface area contributed by atoms with Gasteiger partial charge in [-0.3, -0.25) is 9.69 Å². The minimum absolute atomic E-state index is 0.0414. The van der Waals surface area contributed by atoms with Crippen molar-refractivity contribution in [1.29, 1.82) is 0 Å². The van der Waals surface area contributed by atoms with Gasteiger partial charge >= 0.3 is 6.16 Å². The molecule has 0 saturated carbocycles. The van der Waals surface area contributed by atoms with Crippen molar-refractivity contribution in [3.63, 3.8) is 0 Å². The van der Waals surface area contributed by atoms with Crippen LogP contribution < -0.4 is 0 Å². The highest BCUT2D eigenvalue weighted by Crippen LogP contribution is 2.23. The van der Waals surface area contributed by atoms with E-state index >= 15 is 0 Å². The number of ketones is 1. The summed E-state index contributed by atoms with van der Waals surface area (Å²) in [7, 11) is 0. The van der Waals surface area contributed by atoms with Crippen LogP contribution in [0.25, 0.3) is 10.9 Å². The number of nitrogens with one attached hydrogen (secondary N) is 1. The molecule has 1 fully saturated rings. The number of H-pyrrole nitrogens is 1. The summed E-state index contributed by atoms with van der Waals surface area (Å²) >= 11 is 3.51. The molecule has 0 amide bonds. The maximum absolute atomic E-state index is 12.0. The van der Waals surface area contributed by atoms with E-state index in [1.165, 1.54) is 10.9 Å². The summed E-state index contributed by atoms with van der Waals surface area (Å²) in [6.07, 6.45) is 1.77. The van der Waals surface area contributed by atoms with E-state index in [1.54, 1.807) is 6.92 Å². The first-order chi connectivity index (χ1) is 12.1. The van der Waals surface area contributed by atoms with Gasteiger partial charge in [-0.05, 0) is 37.1 Å². The Labute approximate surface area is 154 Å². The standard InChI is InChI=1S/C18H21BrN2O4/c1-2-24-18(23)25-17-11-21(8-6-16(17)22)7-5-12-10-20-15-4-3-13(19)9-14(12)15/h3-4,9-10,17,20H,2,5-8,11H2,1H3. The first-order valence-corrected chi connectivity index (χ1v) is 9.20. The third kappa shape index (κ3) is 4.41. The van der Waals surface area contributed by atoms with Gasteiger partial charge in [-0.25, -0.2) is 4.79 Å². The molecule has 25 heavy (non-hydrogen) atoms. The molecule has 7 heteroatoms. The summed E-state index contributed by atoms with van der Waals surface area (Å²) in [5, 5.41) is 1.20. The van der Waals surface area contributed by atoms with Crippen molar-refractivity contribution in [2.75, 3.05) is 26.2 Å². The van der Waals surface area contributed by atoms with Gasteiger partial charge in [0.15, 0.2) is 11.9 Å². The molecule has 0 radical (unpaired) electrons. The molecule has 1 aromatic heterocycles. The molecular weight excluding hydrogens is 388 g/mol. The second-order valence-corrected chi connectivity index (χ2v) is 6.98. The number of carbonyl (C=O) groups is 2. The van der Waals surface area contributed by atoms with Crippen molar-refractivity contribution in [2.45, 2.75) is 25.9 Å². The van der Waals surface area contributed by atoms with Crippen LogP contribution >= 0.6 is 15.9 Å². The average Bonchev–Trinajstić information content (AvgIpc) is 2.98. The van der Waals surface area contributed by atoms with E-state index < -0.39 is 12.3 Å². The maximum atomic E-state index is 12.0. The lowest BCUT2D eigenvalue weighted by atomic mass is 10.1. The van der Waals surface area contributed by atoms with Gasteiger partial charge in [0.05, 0.1) is 6.61 Å². The van der Waals surface area contributed by atoms with Gasteiger partial charge < -0.3 is 14.5 Å². The summed E-state index contributed by atoms with van der Waals surface area (Å²) in [4.78, 5) is 28.9. The summed E-state index contributed by atoms with van der Waals surface area (Å²) in [5.41, 5.74) is 2.34. The van der Waals surface area contributed by atoms with Gasteiger partial charge in [0.25, 0.3) is 0 Å². The van der Waals surface area contributed by atoms with Crippen LogP contribution in [0.15, 0.2) is 28.9 Å².